The van der Waals surface area contributed by atoms with E-state index in [-0.39, 0.29) is 30.1 Å². The lowest BCUT2D eigenvalue weighted by Gasteiger charge is -2.36. The van der Waals surface area contributed by atoms with Crippen LogP contribution < -0.4 is 0 Å². The van der Waals surface area contributed by atoms with Gasteiger partial charge in [0.25, 0.3) is 0 Å². The third-order valence-corrected chi connectivity index (χ3v) is 6.47. The molecule has 0 N–H and O–H groups in total. The van der Waals surface area contributed by atoms with Gasteiger partial charge in [-0.05, 0) is 53.5 Å². The van der Waals surface area contributed by atoms with Gasteiger partial charge in [-0.2, -0.15) is 0 Å². The largest absolute Gasteiger partial charge is 0.448 e. The maximum Gasteiger partial charge on any atom is 0.410 e. The van der Waals surface area contributed by atoms with Gasteiger partial charge in [0.1, 0.15) is 6.61 Å². The summed E-state index contributed by atoms with van der Waals surface area (Å²) in [5, 5.41) is 3.88. The van der Waals surface area contributed by atoms with Crippen LogP contribution in [0.15, 0.2) is 53.6 Å². The van der Waals surface area contributed by atoms with Crippen molar-refractivity contribution in [2.45, 2.75) is 49.7 Å². The summed E-state index contributed by atoms with van der Waals surface area (Å²) in [5.41, 5.74) is 13.6. The number of amides is 1. The lowest BCUT2D eigenvalue weighted by Crippen LogP contribution is -2.48. The number of carbonyl (C=O) groups is 1. The van der Waals surface area contributed by atoms with E-state index in [1.54, 1.807) is 0 Å². The smallest absolute Gasteiger partial charge is 0.410 e. The number of carbonyl (C=O) groups excluding carboxylic acids is 1. The van der Waals surface area contributed by atoms with Crippen molar-refractivity contribution in [3.05, 3.63) is 70.1 Å². The van der Waals surface area contributed by atoms with E-state index in [9.17, 15) is 4.79 Å². The molecule has 2 atom stereocenters. The fraction of sp³-hybridized carbons (Fsp3) is 0.409. The Morgan fingerprint density at radius 2 is 1.61 bits per heavy atom. The van der Waals surface area contributed by atoms with Crippen LogP contribution in [0.2, 0.25) is 0 Å². The maximum atomic E-state index is 12.9. The summed E-state index contributed by atoms with van der Waals surface area (Å²) in [6.45, 7) is 0.350. The van der Waals surface area contributed by atoms with Crippen LogP contribution >= 0.6 is 0 Å². The van der Waals surface area contributed by atoms with E-state index in [2.05, 4.69) is 46.4 Å². The van der Waals surface area contributed by atoms with E-state index in [4.69, 9.17) is 10.3 Å². The molecule has 0 radical (unpaired) electrons. The second-order valence-electron chi connectivity index (χ2n) is 7.93. The third-order valence-electron chi connectivity index (χ3n) is 6.47. The van der Waals surface area contributed by atoms with Gasteiger partial charge < -0.3 is 9.64 Å². The Morgan fingerprint density at radius 1 is 1.04 bits per heavy atom. The van der Waals surface area contributed by atoms with Crippen molar-refractivity contribution in [1.29, 1.82) is 0 Å². The van der Waals surface area contributed by atoms with Crippen molar-refractivity contribution in [3.63, 3.8) is 0 Å². The van der Waals surface area contributed by atoms with Gasteiger partial charge in [-0.25, -0.2) is 4.79 Å². The number of benzene rings is 2. The zero-order valence-corrected chi connectivity index (χ0v) is 15.6. The molecule has 1 amide bonds. The van der Waals surface area contributed by atoms with Gasteiger partial charge in [-0.15, -0.1) is 0 Å². The number of rotatable bonds is 3. The number of fused-ring (bicyclic) bond motifs is 5. The van der Waals surface area contributed by atoms with Gasteiger partial charge in [0.2, 0.25) is 0 Å². The minimum Gasteiger partial charge on any atom is -0.448 e. The van der Waals surface area contributed by atoms with Crippen molar-refractivity contribution < 1.29 is 9.53 Å². The normalized spacial score (nSPS) is 25.0. The third kappa shape index (κ3) is 2.72. The summed E-state index contributed by atoms with van der Waals surface area (Å²) >= 11 is 0. The Labute approximate surface area is 163 Å². The second-order valence-corrected chi connectivity index (χ2v) is 7.93. The van der Waals surface area contributed by atoms with Crippen molar-refractivity contribution in [2.75, 3.05) is 6.61 Å². The monoisotopic (exact) mass is 374 g/mol. The zero-order valence-electron chi connectivity index (χ0n) is 15.6. The average molecular weight is 374 g/mol. The Balaban J connectivity index is 1.32. The first kappa shape index (κ1) is 17.1. The van der Waals surface area contributed by atoms with Crippen molar-refractivity contribution in [3.8, 4) is 11.1 Å². The van der Waals surface area contributed by atoms with E-state index in [1.165, 1.54) is 22.3 Å². The molecule has 2 fully saturated rings. The molecule has 0 aromatic heterocycles. The summed E-state index contributed by atoms with van der Waals surface area (Å²) in [6.07, 6.45) is 3.18. The number of azide groups is 1. The van der Waals surface area contributed by atoms with Gasteiger partial charge in [0.05, 0.1) is 0 Å². The molecule has 0 saturated carbocycles. The van der Waals surface area contributed by atoms with Crippen LogP contribution in [0.3, 0.4) is 0 Å². The van der Waals surface area contributed by atoms with Gasteiger partial charge in [-0.1, -0.05) is 53.6 Å². The van der Waals surface area contributed by atoms with Gasteiger partial charge in [-0.3, -0.25) is 0 Å². The predicted octanol–water partition coefficient (Wildman–Crippen LogP) is 5.24. The molecule has 2 aromatic rings. The molecular formula is C22H22N4O2. The number of ether oxygens (including phenoxy) is 1. The Hall–Kier alpha value is -2.98. The molecule has 28 heavy (non-hydrogen) atoms. The average Bonchev–Trinajstić information content (AvgIpc) is 3.18. The highest BCUT2D eigenvalue weighted by Gasteiger charge is 2.44. The summed E-state index contributed by atoms with van der Waals surface area (Å²) in [6, 6.07) is 17.0. The minimum absolute atomic E-state index is 0.000126. The molecule has 0 spiro atoms. The molecule has 3 aliphatic rings. The van der Waals surface area contributed by atoms with Crippen LogP contribution in [0.25, 0.3) is 21.6 Å². The van der Waals surface area contributed by atoms with Crippen molar-refractivity contribution in [1.82, 2.24) is 4.90 Å². The SMILES string of the molecule is [N-]=[N+]=NC1CC2CCC(C1)N2C(=O)OCC1c2ccccc2-c2ccccc21. The number of nitrogens with zero attached hydrogens (tertiary/aromatic N) is 4. The molecule has 5 rings (SSSR count). The molecule has 2 saturated heterocycles. The van der Waals surface area contributed by atoms with E-state index in [1.807, 2.05) is 17.0 Å². The first-order chi connectivity index (χ1) is 13.8. The Bertz CT molecular complexity index is 909. The Kier molecular flexibility index (Phi) is 4.21. The highest BCUT2D eigenvalue weighted by atomic mass is 16.6. The molecule has 2 aliphatic heterocycles. The molecular weight excluding hydrogens is 352 g/mol. The van der Waals surface area contributed by atoms with E-state index in [0.717, 1.165) is 25.7 Å². The molecule has 6 heteroatoms. The van der Waals surface area contributed by atoms with Crippen LogP contribution in [-0.4, -0.2) is 35.7 Å². The molecule has 2 unspecified atom stereocenters. The Morgan fingerprint density at radius 3 is 2.18 bits per heavy atom. The second kappa shape index (κ2) is 6.88. The molecule has 6 nitrogen and oxygen atoms in total. The van der Waals surface area contributed by atoms with Crippen molar-refractivity contribution >= 4 is 6.09 Å². The van der Waals surface area contributed by atoms with Crippen molar-refractivity contribution in [2.24, 2.45) is 5.11 Å². The highest BCUT2D eigenvalue weighted by Crippen LogP contribution is 2.45. The number of piperidine rings is 1. The predicted molar refractivity (Wildman–Crippen MR) is 106 cm³/mol. The fourth-order valence-electron chi connectivity index (χ4n) is 5.28. The molecule has 142 valence electrons. The molecule has 1 aliphatic carbocycles. The number of hydrogen-bond acceptors (Lipinski definition) is 3. The fourth-order valence-corrected chi connectivity index (χ4v) is 5.28. The zero-order chi connectivity index (χ0) is 19.1. The van der Waals surface area contributed by atoms with Crippen LogP contribution in [0.5, 0.6) is 0 Å². The maximum absolute atomic E-state index is 12.9. The lowest BCUT2D eigenvalue weighted by atomic mass is 9.98. The highest BCUT2D eigenvalue weighted by molar-refractivity contribution is 5.79. The summed E-state index contributed by atoms with van der Waals surface area (Å²) in [4.78, 5) is 17.8. The van der Waals surface area contributed by atoms with E-state index >= 15 is 0 Å². The topological polar surface area (TPSA) is 78.3 Å². The van der Waals surface area contributed by atoms with Gasteiger partial charge in [0, 0.05) is 29.0 Å². The molecule has 2 aromatic carbocycles. The summed E-state index contributed by atoms with van der Waals surface area (Å²) in [7, 11) is 0. The summed E-state index contributed by atoms with van der Waals surface area (Å²) < 4.78 is 5.84. The lowest BCUT2D eigenvalue weighted by molar-refractivity contribution is 0.0644. The van der Waals surface area contributed by atoms with Gasteiger partial charge in [0.15, 0.2) is 0 Å². The van der Waals surface area contributed by atoms with Crippen LogP contribution in [0.1, 0.15) is 42.7 Å². The van der Waals surface area contributed by atoms with Gasteiger partial charge >= 0.3 is 6.09 Å². The van der Waals surface area contributed by atoms with Crippen LogP contribution in [-0.2, 0) is 4.74 Å². The number of hydrogen-bond donors (Lipinski definition) is 0. The molecule has 2 bridgehead atoms. The minimum atomic E-state index is -0.228. The van der Waals surface area contributed by atoms with Crippen LogP contribution in [0, 0.1) is 0 Å². The van der Waals surface area contributed by atoms with Crippen LogP contribution in [0.4, 0.5) is 4.79 Å². The van der Waals surface area contributed by atoms with E-state index in [0.29, 0.717) is 6.61 Å². The molecule has 2 heterocycles. The first-order valence-electron chi connectivity index (χ1n) is 9.93. The first-order valence-corrected chi connectivity index (χ1v) is 9.93. The standard InChI is InChI=1S/C22H22N4O2/c23-25-24-14-11-15-9-10-16(12-14)26(15)22(27)28-13-21-19-7-3-1-5-17(19)18-6-2-4-8-20(18)21/h1-8,14-16,21H,9-13H2. The quantitative estimate of drug-likeness (QED) is 0.418. The summed E-state index contributed by atoms with van der Waals surface area (Å²) in [5.74, 6) is 0.0785. The van der Waals surface area contributed by atoms with E-state index < -0.39 is 0 Å².